The van der Waals surface area contributed by atoms with Crippen molar-refractivity contribution in [3.05, 3.63) is 0 Å². The maximum absolute atomic E-state index is 12.7. The van der Waals surface area contributed by atoms with Crippen LogP contribution >= 0.6 is 11.8 Å². The summed E-state index contributed by atoms with van der Waals surface area (Å²) in [4.78, 5) is 48.7. The van der Waals surface area contributed by atoms with Crippen LogP contribution < -0.4 is 27.4 Å². The second-order valence-corrected chi connectivity index (χ2v) is 8.53. The standard InChI is InChI=1S/C19H37N5O6S/c1-11(2)15(24-16(26)12(21)6-4-5-8-20)18(28)23-14(10-25)17(27)22-13(19(29)30)7-9-31-3/h11-15,25H,4-10,20-21H2,1-3H3,(H,22,27)(H,23,28)(H,24,26)(H,29,30). The minimum absolute atomic E-state index is 0.195. The predicted molar refractivity (Wildman–Crippen MR) is 119 cm³/mol. The van der Waals surface area contributed by atoms with Crippen LogP contribution in [0.15, 0.2) is 0 Å². The molecule has 0 saturated heterocycles. The number of rotatable bonds is 16. The molecule has 0 rings (SSSR count). The minimum atomic E-state index is -1.36. The van der Waals surface area contributed by atoms with E-state index in [0.717, 1.165) is 6.42 Å². The number of carbonyl (C=O) groups is 4. The van der Waals surface area contributed by atoms with Crippen molar-refractivity contribution in [2.45, 2.75) is 63.7 Å². The monoisotopic (exact) mass is 463 g/mol. The Morgan fingerprint density at radius 3 is 2.03 bits per heavy atom. The highest BCUT2D eigenvalue weighted by atomic mass is 32.2. The number of carboxylic acids is 1. The number of carboxylic acid groups (broad SMARTS) is 1. The molecule has 0 aliphatic rings. The van der Waals surface area contributed by atoms with E-state index in [9.17, 15) is 29.4 Å². The Labute approximate surface area is 187 Å². The summed E-state index contributed by atoms with van der Waals surface area (Å²) in [5.74, 6) is -3.02. The molecular formula is C19H37N5O6S. The fourth-order valence-corrected chi connectivity index (χ4v) is 3.13. The smallest absolute Gasteiger partial charge is 0.326 e. The van der Waals surface area contributed by atoms with Crippen molar-refractivity contribution >= 4 is 35.5 Å². The molecule has 0 aromatic heterocycles. The number of nitrogens with one attached hydrogen (secondary N) is 3. The van der Waals surface area contributed by atoms with Crippen molar-refractivity contribution in [2.24, 2.45) is 17.4 Å². The van der Waals surface area contributed by atoms with E-state index in [1.165, 1.54) is 11.8 Å². The number of aliphatic hydroxyl groups is 1. The van der Waals surface area contributed by atoms with Gasteiger partial charge in [-0.25, -0.2) is 4.79 Å². The molecule has 12 heteroatoms. The first-order valence-corrected chi connectivity index (χ1v) is 11.7. The Bertz CT molecular complexity index is 592. The van der Waals surface area contributed by atoms with E-state index in [2.05, 4.69) is 16.0 Å². The van der Waals surface area contributed by atoms with E-state index < -0.39 is 54.5 Å². The van der Waals surface area contributed by atoms with Crippen LogP contribution in [-0.2, 0) is 19.2 Å². The van der Waals surface area contributed by atoms with Crippen molar-refractivity contribution in [1.82, 2.24) is 16.0 Å². The number of amides is 3. The summed E-state index contributed by atoms with van der Waals surface area (Å²) in [6, 6.07) is -4.29. The number of aliphatic carboxylic acids is 1. The Morgan fingerprint density at radius 1 is 0.935 bits per heavy atom. The summed E-state index contributed by atoms with van der Waals surface area (Å²) in [6.07, 6.45) is 3.83. The molecule has 31 heavy (non-hydrogen) atoms. The molecule has 0 spiro atoms. The molecule has 11 nitrogen and oxygen atoms in total. The molecule has 9 N–H and O–H groups in total. The first kappa shape index (κ1) is 29.1. The third-order valence-corrected chi connectivity index (χ3v) is 5.24. The lowest BCUT2D eigenvalue weighted by Crippen LogP contribution is -2.59. The van der Waals surface area contributed by atoms with E-state index in [1.54, 1.807) is 13.8 Å². The molecule has 0 fully saturated rings. The van der Waals surface area contributed by atoms with E-state index >= 15 is 0 Å². The zero-order chi connectivity index (χ0) is 24.0. The van der Waals surface area contributed by atoms with Crippen molar-refractivity contribution in [3.8, 4) is 0 Å². The van der Waals surface area contributed by atoms with Gasteiger partial charge in [-0.05, 0) is 43.7 Å². The number of thioether (sulfide) groups is 1. The largest absolute Gasteiger partial charge is 0.480 e. The van der Waals surface area contributed by atoms with Crippen LogP contribution in [0.5, 0.6) is 0 Å². The van der Waals surface area contributed by atoms with Crippen molar-refractivity contribution in [2.75, 3.05) is 25.2 Å². The van der Waals surface area contributed by atoms with Crippen LogP contribution in [0.1, 0.15) is 39.5 Å². The summed E-state index contributed by atoms with van der Waals surface area (Å²) < 4.78 is 0. The topological polar surface area (TPSA) is 197 Å². The Morgan fingerprint density at radius 2 is 1.55 bits per heavy atom. The maximum atomic E-state index is 12.7. The average molecular weight is 464 g/mol. The van der Waals surface area contributed by atoms with E-state index in [-0.39, 0.29) is 12.3 Å². The summed E-state index contributed by atoms with van der Waals surface area (Å²) in [6.45, 7) is 3.18. The zero-order valence-corrected chi connectivity index (χ0v) is 19.2. The molecule has 0 aromatic carbocycles. The molecule has 4 unspecified atom stereocenters. The summed E-state index contributed by atoms with van der Waals surface area (Å²) in [5.41, 5.74) is 11.3. The lowest BCUT2D eigenvalue weighted by molar-refractivity contribution is -0.142. The lowest BCUT2D eigenvalue weighted by Gasteiger charge is -2.26. The van der Waals surface area contributed by atoms with Crippen LogP contribution in [0.2, 0.25) is 0 Å². The Hall–Kier alpha value is -1.89. The highest BCUT2D eigenvalue weighted by Crippen LogP contribution is 2.06. The van der Waals surface area contributed by atoms with E-state index in [1.807, 2.05) is 6.26 Å². The third kappa shape index (κ3) is 11.3. The average Bonchev–Trinajstić information content (AvgIpc) is 2.72. The molecular weight excluding hydrogens is 426 g/mol. The minimum Gasteiger partial charge on any atom is -0.480 e. The lowest BCUT2D eigenvalue weighted by atomic mass is 10.0. The van der Waals surface area contributed by atoms with Gasteiger partial charge in [0, 0.05) is 0 Å². The van der Waals surface area contributed by atoms with Gasteiger partial charge in [0.1, 0.15) is 18.1 Å². The predicted octanol–water partition coefficient (Wildman–Crippen LogP) is -1.62. The van der Waals surface area contributed by atoms with Gasteiger partial charge in [-0.15, -0.1) is 0 Å². The van der Waals surface area contributed by atoms with Gasteiger partial charge in [-0.2, -0.15) is 11.8 Å². The SMILES string of the molecule is CSCCC(NC(=O)C(CO)NC(=O)C(NC(=O)C(N)CCCCN)C(C)C)C(=O)O. The van der Waals surface area contributed by atoms with Gasteiger partial charge in [0.25, 0.3) is 0 Å². The van der Waals surface area contributed by atoms with Crippen LogP contribution in [-0.4, -0.2) is 83.2 Å². The quantitative estimate of drug-likeness (QED) is 0.132. The number of unbranched alkanes of at least 4 members (excludes halogenated alkanes) is 1. The van der Waals surface area contributed by atoms with Crippen LogP contribution in [0.4, 0.5) is 0 Å². The van der Waals surface area contributed by atoms with Gasteiger partial charge in [-0.1, -0.05) is 20.3 Å². The first-order chi connectivity index (χ1) is 14.6. The molecule has 0 aromatic rings. The molecule has 0 radical (unpaired) electrons. The third-order valence-electron chi connectivity index (χ3n) is 4.59. The highest BCUT2D eigenvalue weighted by molar-refractivity contribution is 7.98. The fourth-order valence-electron chi connectivity index (χ4n) is 2.66. The first-order valence-electron chi connectivity index (χ1n) is 10.3. The van der Waals surface area contributed by atoms with Gasteiger partial charge in [0.05, 0.1) is 12.6 Å². The van der Waals surface area contributed by atoms with Gasteiger partial charge in [-0.3, -0.25) is 14.4 Å². The molecule has 180 valence electrons. The number of nitrogens with two attached hydrogens (primary N) is 2. The van der Waals surface area contributed by atoms with Gasteiger partial charge in [0.15, 0.2) is 0 Å². The molecule has 0 heterocycles. The van der Waals surface area contributed by atoms with Crippen LogP contribution in [0.25, 0.3) is 0 Å². The number of hydrogen-bond acceptors (Lipinski definition) is 8. The van der Waals surface area contributed by atoms with Gasteiger partial charge >= 0.3 is 5.97 Å². The number of carbonyl (C=O) groups excluding carboxylic acids is 3. The molecule has 0 saturated carbocycles. The summed E-state index contributed by atoms with van der Waals surface area (Å²) in [7, 11) is 0. The second kappa shape index (κ2) is 15.8. The van der Waals surface area contributed by atoms with E-state index in [4.69, 9.17) is 11.5 Å². The fraction of sp³-hybridized carbons (Fsp3) is 0.789. The molecule has 0 aliphatic heterocycles. The molecule has 3 amide bonds. The molecule has 4 atom stereocenters. The van der Waals surface area contributed by atoms with E-state index in [0.29, 0.717) is 25.1 Å². The van der Waals surface area contributed by atoms with Gasteiger partial charge in [0.2, 0.25) is 17.7 Å². The zero-order valence-electron chi connectivity index (χ0n) is 18.4. The number of aliphatic hydroxyl groups excluding tert-OH is 1. The maximum Gasteiger partial charge on any atom is 0.326 e. The Kier molecular flexibility index (Phi) is 14.9. The van der Waals surface area contributed by atoms with Gasteiger partial charge < -0.3 is 37.6 Å². The van der Waals surface area contributed by atoms with Crippen molar-refractivity contribution in [3.63, 3.8) is 0 Å². The van der Waals surface area contributed by atoms with Crippen molar-refractivity contribution in [1.29, 1.82) is 0 Å². The highest BCUT2D eigenvalue weighted by Gasteiger charge is 2.31. The van der Waals surface area contributed by atoms with Crippen LogP contribution in [0.3, 0.4) is 0 Å². The molecule has 0 aliphatic carbocycles. The summed E-state index contributed by atoms with van der Waals surface area (Å²) >= 11 is 1.43. The Balaban J connectivity index is 5.03. The van der Waals surface area contributed by atoms with Crippen LogP contribution in [0, 0.1) is 5.92 Å². The molecule has 0 bridgehead atoms. The second-order valence-electron chi connectivity index (χ2n) is 7.55. The van der Waals surface area contributed by atoms with Crippen molar-refractivity contribution < 1.29 is 29.4 Å². The summed E-state index contributed by atoms with van der Waals surface area (Å²) in [5, 5.41) is 26.0. The normalized spacial score (nSPS) is 14.9. The number of hydrogen-bond donors (Lipinski definition) is 7.